The number of piperidine rings is 1. The summed E-state index contributed by atoms with van der Waals surface area (Å²) in [6, 6.07) is 0.700. The summed E-state index contributed by atoms with van der Waals surface area (Å²) in [4.78, 5) is 2.50. The fourth-order valence-corrected chi connectivity index (χ4v) is 2.68. The average molecular weight is 324 g/mol. The van der Waals surface area contributed by atoms with Gasteiger partial charge in [0.15, 0.2) is 0 Å². The molecule has 0 unspecified atom stereocenters. The highest BCUT2D eigenvalue weighted by molar-refractivity contribution is 9.10. The Kier molecular flexibility index (Phi) is 5.92. The molecule has 98 valence electrons. The van der Waals surface area contributed by atoms with E-state index in [1.54, 1.807) is 0 Å². The SMILES string of the molecule is CNC1CCN(Cc2c(Br)cnn2C)CC1.Cl. The number of halogens is 2. The summed E-state index contributed by atoms with van der Waals surface area (Å²) in [5.41, 5.74) is 1.27. The smallest absolute Gasteiger partial charge is 0.0663 e. The molecule has 0 radical (unpaired) electrons. The predicted octanol–water partition coefficient (Wildman–Crippen LogP) is 1.79. The van der Waals surface area contributed by atoms with Gasteiger partial charge < -0.3 is 5.32 Å². The Morgan fingerprint density at radius 3 is 2.59 bits per heavy atom. The molecule has 2 heterocycles. The summed E-state index contributed by atoms with van der Waals surface area (Å²) in [7, 11) is 4.05. The van der Waals surface area contributed by atoms with Crippen molar-refractivity contribution >= 4 is 28.3 Å². The molecule has 2 rings (SSSR count). The molecule has 0 aromatic carbocycles. The maximum Gasteiger partial charge on any atom is 0.0663 e. The van der Waals surface area contributed by atoms with Crippen LogP contribution in [0, 0.1) is 0 Å². The van der Waals surface area contributed by atoms with Crippen LogP contribution in [0.25, 0.3) is 0 Å². The fourth-order valence-electron chi connectivity index (χ4n) is 2.21. The molecule has 1 aliphatic heterocycles. The molecule has 1 fully saturated rings. The van der Waals surface area contributed by atoms with Crippen LogP contribution in [0.3, 0.4) is 0 Å². The molecule has 1 aromatic rings. The van der Waals surface area contributed by atoms with Crippen molar-refractivity contribution in [3.8, 4) is 0 Å². The molecule has 0 atom stereocenters. The Labute approximate surface area is 117 Å². The Hall–Kier alpha value is -0.100. The molecule has 0 amide bonds. The first-order valence-electron chi connectivity index (χ1n) is 5.76. The normalized spacial score (nSPS) is 18.1. The second-order valence-corrected chi connectivity index (χ2v) is 5.26. The summed E-state index contributed by atoms with van der Waals surface area (Å²) in [6.45, 7) is 3.33. The van der Waals surface area contributed by atoms with Gasteiger partial charge in [0, 0.05) is 32.7 Å². The summed E-state index contributed by atoms with van der Waals surface area (Å²) in [6.07, 6.45) is 4.35. The van der Waals surface area contributed by atoms with Crippen LogP contribution in [0.2, 0.25) is 0 Å². The van der Waals surface area contributed by atoms with Crippen molar-refractivity contribution in [2.24, 2.45) is 7.05 Å². The van der Waals surface area contributed by atoms with Gasteiger partial charge in [-0.25, -0.2) is 0 Å². The van der Waals surface area contributed by atoms with Gasteiger partial charge in [-0.2, -0.15) is 5.10 Å². The van der Waals surface area contributed by atoms with Gasteiger partial charge in [0.2, 0.25) is 0 Å². The lowest BCUT2D eigenvalue weighted by atomic mass is 10.1. The van der Waals surface area contributed by atoms with E-state index in [4.69, 9.17) is 0 Å². The second-order valence-electron chi connectivity index (χ2n) is 4.40. The van der Waals surface area contributed by atoms with Crippen LogP contribution < -0.4 is 5.32 Å². The molecular weight excluding hydrogens is 304 g/mol. The molecule has 4 nitrogen and oxygen atoms in total. The van der Waals surface area contributed by atoms with Gasteiger partial charge in [-0.05, 0) is 35.8 Å². The maximum atomic E-state index is 4.24. The minimum Gasteiger partial charge on any atom is -0.317 e. The third-order valence-electron chi connectivity index (χ3n) is 3.38. The van der Waals surface area contributed by atoms with E-state index in [0.717, 1.165) is 11.0 Å². The Bertz CT molecular complexity index is 328. The number of aryl methyl sites for hydroxylation is 1. The van der Waals surface area contributed by atoms with Crippen LogP contribution in [0.1, 0.15) is 18.5 Å². The molecule has 1 aliphatic rings. The van der Waals surface area contributed by atoms with Gasteiger partial charge >= 0.3 is 0 Å². The van der Waals surface area contributed by atoms with E-state index in [-0.39, 0.29) is 12.4 Å². The van der Waals surface area contributed by atoms with E-state index in [1.807, 2.05) is 17.9 Å². The zero-order valence-electron chi connectivity index (χ0n) is 10.3. The van der Waals surface area contributed by atoms with E-state index in [2.05, 4.69) is 38.3 Å². The Morgan fingerprint density at radius 1 is 1.47 bits per heavy atom. The van der Waals surface area contributed by atoms with Crippen LogP contribution in [-0.4, -0.2) is 40.9 Å². The van der Waals surface area contributed by atoms with Crippen molar-refractivity contribution in [3.63, 3.8) is 0 Å². The van der Waals surface area contributed by atoms with E-state index in [1.165, 1.54) is 31.6 Å². The van der Waals surface area contributed by atoms with Crippen molar-refractivity contribution in [1.82, 2.24) is 20.0 Å². The molecule has 0 bridgehead atoms. The third kappa shape index (κ3) is 3.68. The monoisotopic (exact) mass is 322 g/mol. The molecule has 17 heavy (non-hydrogen) atoms. The summed E-state index contributed by atoms with van der Waals surface area (Å²) < 4.78 is 3.07. The van der Waals surface area contributed by atoms with Crippen molar-refractivity contribution in [3.05, 3.63) is 16.4 Å². The fraction of sp³-hybridized carbons (Fsp3) is 0.727. The van der Waals surface area contributed by atoms with Crippen LogP contribution >= 0.6 is 28.3 Å². The van der Waals surface area contributed by atoms with Crippen molar-refractivity contribution in [2.75, 3.05) is 20.1 Å². The van der Waals surface area contributed by atoms with Crippen molar-refractivity contribution in [2.45, 2.75) is 25.4 Å². The first-order valence-corrected chi connectivity index (χ1v) is 6.56. The lowest BCUT2D eigenvalue weighted by Gasteiger charge is -2.31. The molecular formula is C11H20BrClN4. The van der Waals surface area contributed by atoms with Crippen LogP contribution in [0.4, 0.5) is 0 Å². The van der Waals surface area contributed by atoms with E-state index in [0.29, 0.717) is 6.04 Å². The molecule has 0 spiro atoms. The largest absolute Gasteiger partial charge is 0.317 e. The number of rotatable bonds is 3. The van der Waals surface area contributed by atoms with E-state index in [9.17, 15) is 0 Å². The number of nitrogens with one attached hydrogen (secondary N) is 1. The lowest BCUT2D eigenvalue weighted by molar-refractivity contribution is 0.190. The van der Waals surface area contributed by atoms with Gasteiger partial charge in [-0.1, -0.05) is 0 Å². The van der Waals surface area contributed by atoms with Gasteiger partial charge in [0.25, 0.3) is 0 Å². The summed E-state index contributed by atoms with van der Waals surface area (Å²) >= 11 is 3.55. The molecule has 1 N–H and O–H groups in total. The number of aromatic nitrogens is 2. The Morgan fingerprint density at radius 2 is 2.12 bits per heavy atom. The van der Waals surface area contributed by atoms with E-state index >= 15 is 0 Å². The number of hydrogen-bond acceptors (Lipinski definition) is 3. The molecule has 0 aliphatic carbocycles. The van der Waals surface area contributed by atoms with Gasteiger partial charge in [0.1, 0.15) is 0 Å². The molecule has 1 saturated heterocycles. The first kappa shape index (κ1) is 15.0. The highest BCUT2D eigenvalue weighted by atomic mass is 79.9. The number of nitrogens with zero attached hydrogens (tertiary/aromatic N) is 3. The van der Waals surface area contributed by atoms with Crippen molar-refractivity contribution in [1.29, 1.82) is 0 Å². The van der Waals surface area contributed by atoms with Crippen LogP contribution in [0.5, 0.6) is 0 Å². The summed E-state index contributed by atoms with van der Waals surface area (Å²) in [5, 5.41) is 7.60. The predicted molar refractivity (Wildman–Crippen MR) is 75.5 cm³/mol. The summed E-state index contributed by atoms with van der Waals surface area (Å²) in [5.74, 6) is 0. The molecule has 0 saturated carbocycles. The number of hydrogen-bond donors (Lipinski definition) is 1. The van der Waals surface area contributed by atoms with Gasteiger partial charge in [-0.3, -0.25) is 9.58 Å². The second kappa shape index (κ2) is 6.73. The van der Waals surface area contributed by atoms with E-state index < -0.39 is 0 Å². The third-order valence-corrected chi connectivity index (χ3v) is 4.04. The molecule has 1 aromatic heterocycles. The minimum absolute atomic E-state index is 0. The van der Waals surface area contributed by atoms with Crippen LogP contribution in [-0.2, 0) is 13.6 Å². The average Bonchev–Trinajstić information content (AvgIpc) is 2.62. The standard InChI is InChI=1S/C11H19BrN4.ClH/c1-13-9-3-5-16(6-4-9)8-11-10(12)7-14-15(11)2;/h7,9,13H,3-6,8H2,1-2H3;1H. The minimum atomic E-state index is 0. The number of likely N-dealkylation sites (tertiary alicyclic amines) is 1. The van der Waals surface area contributed by atoms with Gasteiger partial charge in [0.05, 0.1) is 16.4 Å². The first-order chi connectivity index (χ1) is 7.70. The zero-order valence-corrected chi connectivity index (χ0v) is 12.7. The van der Waals surface area contributed by atoms with Crippen LogP contribution in [0.15, 0.2) is 10.7 Å². The maximum absolute atomic E-state index is 4.24. The highest BCUT2D eigenvalue weighted by Gasteiger charge is 2.19. The Balaban J connectivity index is 0.00000144. The highest BCUT2D eigenvalue weighted by Crippen LogP contribution is 2.19. The topological polar surface area (TPSA) is 33.1 Å². The molecule has 6 heteroatoms. The van der Waals surface area contributed by atoms with Gasteiger partial charge in [-0.15, -0.1) is 12.4 Å². The quantitative estimate of drug-likeness (QED) is 0.920. The van der Waals surface area contributed by atoms with Crippen molar-refractivity contribution < 1.29 is 0 Å². The zero-order chi connectivity index (χ0) is 11.5. The lowest BCUT2D eigenvalue weighted by Crippen LogP contribution is -2.41.